The van der Waals surface area contributed by atoms with Crippen molar-refractivity contribution < 1.29 is 4.79 Å². The first-order chi connectivity index (χ1) is 7.79. The molecule has 1 aromatic heterocycles. The van der Waals surface area contributed by atoms with Crippen molar-refractivity contribution in [2.24, 2.45) is 11.7 Å². The fourth-order valence-electron chi connectivity index (χ4n) is 2.05. The molecule has 1 fully saturated rings. The third-order valence-corrected chi connectivity index (χ3v) is 3.09. The van der Waals surface area contributed by atoms with E-state index in [1.54, 1.807) is 10.9 Å². The molecule has 2 heterocycles. The molecular weight excluding hydrogens is 204 g/mol. The summed E-state index contributed by atoms with van der Waals surface area (Å²) in [5.74, 6) is 0.708. The van der Waals surface area contributed by atoms with Crippen molar-refractivity contribution in [2.45, 2.75) is 19.4 Å². The van der Waals surface area contributed by atoms with E-state index in [0.29, 0.717) is 25.4 Å². The summed E-state index contributed by atoms with van der Waals surface area (Å²) in [7, 11) is 0. The van der Waals surface area contributed by atoms with E-state index in [-0.39, 0.29) is 5.91 Å². The van der Waals surface area contributed by atoms with Crippen molar-refractivity contribution in [1.29, 1.82) is 0 Å². The number of nitrogens with two attached hydrogens (primary N) is 1. The van der Waals surface area contributed by atoms with E-state index in [1.165, 1.54) is 0 Å². The van der Waals surface area contributed by atoms with E-state index in [9.17, 15) is 4.79 Å². The van der Waals surface area contributed by atoms with Gasteiger partial charge in [-0.3, -0.25) is 9.48 Å². The molecule has 0 bridgehead atoms. The van der Waals surface area contributed by atoms with E-state index < -0.39 is 0 Å². The van der Waals surface area contributed by atoms with Gasteiger partial charge in [0.15, 0.2) is 0 Å². The van der Waals surface area contributed by atoms with Gasteiger partial charge >= 0.3 is 0 Å². The smallest absolute Gasteiger partial charge is 0.224 e. The Bertz CT molecular complexity index is 336. The standard InChI is InChI=1S/C11H18N4O/c12-8-10-2-6-14(9-10)11(16)3-7-15-5-1-4-13-15/h1,4-5,10H,2-3,6-9,12H2. The van der Waals surface area contributed by atoms with Crippen LogP contribution < -0.4 is 5.73 Å². The van der Waals surface area contributed by atoms with Crippen LogP contribution in [-0.4, -0.2) is 40.2 Å². The number of likely N-dealkylation sites (tertiary alicyclic amines) is 1. The second kappa shape index (κ2) is 5.12. The van der Waals surface area contributed by atoms with Crippen LogP contribution in [0.5, 0.6) is 0 Å². The van der Waals surface area contributed by atoms with E-state index in [2.05, 4.69) is 5.10 Å². The summed E-state index contributed by atoms with van der Waals surface area (Å²) in [5, 5.41) is 4.07. The largest absolute Gasteiger partial charge is 0.342 e. The van der Waals surface area contributed by atoms with Gasteiger partial charge in [0.25, 0.3) is 0 Å². The van der Waals surface area contributed by atoms with Gasteiger partial charge in [-0.05, 0) is 24.9 Å². The Morgan fingerprint density at radius 2 is 2.44 bits per heavy atom. The molecule has 5 heteroatoms. The average Bonchev–Trinajstić information content (AvgIpc) is 2.96. The summed E-state index contributed by atoms with van der Waals surface area (Å²) in [5.41, 5.74) is 5.60. The highest BCUT2D eigenvalue weighted by Crippen LogP contribution is 2.15. The SMILES string of the molecule is NCC1CCN(C(=O)CCn2cccn2)C1. The van der Waals surface area contributed by atoms with Crippen molar-refractivity contribution in [3.8, 4) is 0 Å². The number of nitrogens with zero attached hydrogens (tertiary/aromatic N) is 3. The predicted molar refractivity (Wildman–Crippen MR) is 60.6 cm³/mol. The van der Waals surface area contributed by atoms with Gasteiger partial charge in [0.2, 0.25) is 5.91 Å². The highest BCUT2D eigenvalue weighted by atomic mass is 16.2. The van der Waals surface area contributed by atoms with Crippen LogP contribution in [0.25, 0.3) is 0 Å². The minimum absolute atomic E-state index is 0.214. The number of hydrogen-bond donors (Lipinski definition) is 1. The van der Waals surface area contributed by atoms with Crippen LogP contribution in [0.1, 0.15) is 12.8 Å². The fourth-order valence-corrected chi connectivity index (χ4v) is 2.05. The van der Waals surface area contributed by atoms with E-state index in [0.717, 1.165) is 19.5 Å². The van der Waals surface area contributed by atoms with Gasteiger partial charge in [-0.15, -0.1) is 0 Å². The highest BCUT2D eigenvalue weighted by Gasteiger charge is 2.24. The van der Waals surface area contributed by atoms with Gasteiger partial charge < -0.3 is 10.6 Å². The Morgan fingerprint density at radius 3 is 3.06 bits per heavy atom. The number of hydrogen-bond acceptors (Lipinski definition) is 3. The zero-order chi connectivity index (χ0) is 11.4. The maximum Gasteiger partial charge on any atom is 0.224 e. The zero-order valence-electron chi connectivity index (χ0n) is 9.38. The number of aromatic nitrogens is 2. The number of aryl methyl sites for hydroxylation is 1. The summed E-state index contributed by atoms with van der Waals surface area (Å²) in [6.45, 7) is 3.03. The normalized spacial score (nSPS) is 20.3. The monoisotopic (exact) mass is 222 g/mol. The number of rotatable bonds is 4. The van der Waals surface area contributed by atoms with Crippen molar-refractivity contribution in [3.63, 3.8) is 0 Å². The van der Waals surface area contributed by atoms with Gasteiger partial charge in [0, 0.05) is 38.4 Å². The lowest BCUT2D eigenvalue weighted by Gasteiger charge is -2.16. The molecule has 0 saturated carbocycles. The summed E-state index contributed by atoms with van der Waals surface area (Å²) in [6, 6.07) is 1.87. The fraction of sp³-hybridized carbons (Fsp3) is 0.636. The third-order valence-electron chi connectivity index (χ3n) is 3.09. The van der Waals surface area contributed by atoms with Crippen LogP contribution in [0.4, 0.5) is 0 Å². The van der Waals surface area contributed by atoms with Crippen molar-refractivity contribution in [2.75, 3.05) is 19.6 Å². The quantitative estimate of drug-likeness (QED) is 0.784. The molecule has 0 aliphatic carbocycles. The second-order valence-electron chi connectivity index (χ2n) is 4.25. The summed E-state index contributed by atoms with van der Waals surface area (Å²) < 4.78 is 1.79. The zero-order valence-corrected chi connectivity index (χ0v) is 9.38. The van der Waals surface area contributed by atoms with Gasteiger partial charge in [0.05, 0.1) is 0 Å². The second-order valence-corrected chi connectivity index (χ2v) is 4.25. The average molecular weight is 222 g/mol. The Morgan fingerprint density at radius 1 is 1.56 bits per heavy atom. The van der Waals surface area contributed by atoms with Crippen molar-refractivity contribution in [1.82, 2.24) is 14.7 Å². The molecule has 1 atom stereocenters. The molecule has 1 unspecified atom stereocenters. The molecule has 0 spiro atoms. The molecule has 5 nitrogen and oxygen atoms in total. The first kappa shape index (κ1) is 11.1. The summed E-state index contributed by atoms with van der Waals surface area (Å²) in [4.78, 5) is 13.8. The van der Waals surface area contributed by atoms with Crippen LogP contribution >= 0.6 is 0 Å². The minimum Gasteiger partial charge on any atom is -0.342 e. The minimum atomic E-state index is 0.214. The maximum absolute atomic E-state index is 11.8. The van der Waals surface area contributed by atoms with Gasteiger partial charge in [-0.2, -0.15) is 5.10 Å². The molecule has 16 heavy (non-hydrogen) atoms. The van der Waals surface area contributed by atoms with E-state index in [1.807, 2.05) is 17.2 Å². The summed E-state index contributed by atoms with van der Waals surface area (Å²) in [6.07, 6.45) is 5.17. The van der Waals surface area contributed by atoms with E-state index in [4.69, 9.17) is 5.73 Å². The Balaban J connectivity index is 1.76. The van der Waals surface area contributed by atoms with Crippen LogP contribution in [0.15, 0.2) is 18.5 Å². The third kappa shape index (κ3) is 2.61. The van der Waals surface area contributed by atoms with Crippen LogP contribution in [0.3, 0.4) is 0 Å². The molecule has 1 amide bonds. The highest BCUT2D eigenvalue weighted by molar-refractivity contribution is 5.76. The number of carbonyl (C=O) groups is 1. The number of carbonyl (C=O) groups excluding carboxylic acids is 1. The lowest BCUT2D eigenvalue weighted by atomic mass is 10.1. The molecule has 2 N–H and O–H groups in total. The van der Waals surface area contributed by atoms with Crippen LogP contribution in [-0.2, 0) is 11.3 Å². The molecular formula is C11H18N4O. The van der Waals surface area contributed by atoms with Gasteiger partial charge in [-0.25, -0.2) is 0 Å². The Labute approximate surface area is 95.2 Å². The van der Waals surface area contributed by atoms with Crippen LogP contribution in [0, 0.1) is 5.92 Å². The first-order valence-electron chi connectivity index (χ1n) is 5.75. The molecule has 88 valence electrons. The van der Waals surface area contributed by atoms with Crippen molar-refractivity contribution >= 4 is 5.91 Å². The molecule has 1 aromatic rings. The molecule has 1 saturated heterocycles. The predicted octanol–water partition coefficient (Wildman–Crippen LogP) is 0.0804. The summed E-state index contributed by atoms with van der Waals surface area (Å²) >= 11 is 0. The van der Waals surface area contributed by atoms with Crippen LogP contribution in [0.2, 0.25) is 0 Å². The number of amides is 1. The topological polar surface area (TPSA) is 64.2 Å². The molecule has 0 radical (unpaired) electrons. The van der Waals surface area contributed by atoms with E-state index >= 15 is 0 Å². The lowest BCUT2D eigenvalue weighted by Crippen LogP contribution is -2.30. The lowest BCUT2D eigenvalue weighted by molar-refractivity contribution is -0.130. The maximum atomic E-state index is 11.8. The van der Waals surface area contributed by atoms with Gasteiger partial charge in [0.1, 0.15) is 0 Å². The Hall–Kier alpha value is -1.36. The molecule has 2 rings (SSSR count). The molecule has 1 aliphatic rings. The van der Waals surface area contributed by atoms with Gasteiger partial charge in [-0.1, -0.05) is 0 Å². The van der Waals surface area contributed by atoms with Crippen molar-refractivity contribution in [3.05, 3.63) is 18.5 Å². The molecule has 0 aromatic carbocycles. The Kier molecular flexibility index (Phi) is 3.56. The first-order valence-corrected chi connectivity index (χ1v) is 5.75. The molecule has 1 aliphatic heterocycles.